The molecule has 2 atom stereocenters. The second-order valence-electron chi connectivity index (χ2n) is 6.68. The average Bonchev–Trinajstić information content (AvgIpc) is 2.62. The smallest absolute Gasteiger partial charge is 0.171 e. The summed E-state index contributed by atoms with van der Waals surface area (Å²) >= 11 is 0. The number of benzene rings is 2. The van der Waals surface area contributed by atoms with E-state index in [2.05, 4.69) is 65.4 Å². The predicted octanol–water partition coefficient (Wildman–Crippen LogP) is 4.40. The van der Waals surface area contributed by atoms with Crippen molar-refractivity contribution in [2.24, 2.45) is 0 Å². The van der Waals surface area contributed by atoms with E-state index in [1.54, 1.807) is 0 Å². The topological polar surface area (TPSA) is 3.01 Å². The molecule has 1 aliphatic heterocycles. The summed E-state index contributed by atoms with van der Waals surface area (Å²) in [6, 6.07) is 20.7. The predicted molar refractivity (Wildman–Crippen MR) is 91.9 cm³/mol. The van der Waals surface area contributed by atoms with Crippen molar-refractivity contribution in [2.45, 2.75) is 44.1 Å². The quantitative estimate of drug-likeness (QED) is 0.721. The molecule has 0 aromatic heterocycles. The lowest BCUT2D eigenvalue weighted by atomic mass is 9.79. The van der Waals surface area contributed by atoms with Crippen LogP contribution in [0.1, 0.15) is 48.3 Å². The Morgan fingerprint density at radius 2 is 1.59 bits per heavy atom. The minimum Gasteiger partial charge on any atom is -0.232 e. The van der Waals surface area contributed by atoms with Gasteiger partial charge in [0.2, 0.25) is 0 Å². The summed E-state index contributed by atoms with van der Waals surface area (Å²) in [4.78, 5) is 0. The Bertz CT molecular complexity index is 671. The molecule has 0 bridgehead atoms. The molecule has 1 fully saturated rings. The van der Waals surface area contributed by atoms with Gasteiger partial charge < -0.3 is 0 Å². The van der Waals surface area contributed by atoms with Gasteiger partial charge in [-0.3, -0.25) is 0 Å². The summed E-state index contributed by atoms with van der Waals surface area (Å²) in [6.45, 7) is 1.17. The fraction of sp³-hybridized carbons (Fsp3) is 0.381. The number of hydrogen-bond acceptors (Lipinski definition) is 0. The molecule has 2 aromatic rings. The maximum atomic E-state index is 2.64. The first-order valence-electron chi connectivity index (χ1n) is 8.65. The third-order valence-electron chi connectivity index (χ3n) is 5.38. The first-order chi connectivity index (χ1) is 10.9. The van der Waals surface area contributed by atoms with Crippen LogP contribution in [0.5, 0.6) is 0 Å². The van der Waals surface area contributed by atoms with E-state index < -0.39 is 0 Å². The summed E-state index contributed by atoms with van der Waals surface area (Å²) < 4.78 is 2.64. The van der Waals surface area contributed by atoms with Gasteiger partial charge in [0, 0.05) is 24.3 Å². The normalized spacial score (nSPS) is 24.5. The minimum absolute atomic E-state index is 0.671. The van der Waals surface area contributed by atoms with E-state index in [0.29, 0.717) is 12.0 Å². The first-order valence-corrected chi connectivity index (χ1v) is 8.65. The van der Waals surface area contributed by atoms with Gasteiger partial charge in [-0.15, -0.1) is 0 Å². The van der Waals surface area contributed by atoms with Gasteiger partial charge in [0.05, 0.1) is 0 Å². The molecule has 4 rings (SSSR count). The second kappa shape index (κ2) is 6.08. The highest BCUT2D eigenvalue weighted by Crippen LogP contribution is 2.35. The lowest BCUT2D eigenvalue weighted by Crippen LogP contribution is -2.38. The third kappa shape index (κ3) is 2.61. The molecule has 1 heteroatoms. The van der Waals surface area contributed by atoms with Crippen LogP contribution in [0.15, 0.2) is 54.6 Å². The summed E-state index contributed by atoms with van der Waals surface area (Å²) in [5.74, 6) is 0.691. The van der Waals surface area contributed by atoms with Crippen molar-refractivity contribution in [1.29, 1.82) is 0 Å². The van der Waals surface area contributed by atoms with E-state index in [1.165, 1.54) is 55.3 Å². The van der Waals surface area contributed by atoms with Gasteiger partial charge in [-0.25, -0.2) is 4.58 Å². The Balaban J connectivity index is 1.67. The zero-order chi connectivity index (χ0) is 14.8. The van der Waals surface area contributed by atoms with Gasteiger partial charge in [-0.1, -0.05) is 55.0 Å². The lowest BCUT2D eigenvalue weighted by molar-refractivity contribution is -0.569. The molecule has 0 saturated heterocycles. The van der Waals surface area contributed by atoms with Crippen molar-refractivity contribution < 1.29 is 4.58 Å². The molecule has 1 saturated carbocycles. The molecule has 1 nitrogen and oxygen atoms in total. The highest BCUT2D eigenvalue weighted by molar-refractivity contribution is 5.78. The Morgan fingerprint density at radius 3 is 2.50 bits per heavy atom. The monoisotopic (exact) mass is 290 g/mol. The molecule has 2 aromatic carbocycles. The molecule has 0 spiro atoms. The fourth-order valence-electron chi connectivity index (χ4n) is 4.24. The van der Waals surface area contributed by atoms with Gasteiger partial charge in [0.1, 0.15) is 6.54 Å². The van der Waals surface area contributed by atoms with Gasteiger partial charge in [0.25, 0.3) is 0 Å². The first kappa shape index (κ1) is 13.8. The fourth-order valence-corrected chi connectivity index (χ4v) is 4.24. The number of nitrogens with zero attached hydrogens (tertiary/aromatic N) is 1. The highest BCUT2D eigenvalue weighted by Gasteiger charge is 2.35. The van der Waals surface area contributed by atoms with Crippen LogP contribution in [-0.4, -0.2) is 23.4 Å². The van der Waals surface area contributed by atoms with Crippen LogP contribution >= 0.6 is 0 Å². The van der Waals surface area contributed by atoms with Crippen LogP contribution in [0.2, 0.25) is 0 Å². The molecule has 0 radical (unpaired) electrons. The molecule has 0 amide bonds. The highest BCUT2D eigenvalue weighted by atomic mass is 15.0. The average molecular weight is 290 g/mol. The Kier molecular flexibility index (Phi) is 3.80. The van der Waals surface area contributed by atoms with Crippen LogP contribution in [-0.2, 0) is 6.42 Å². The largest absolute Gasteiger partial charge is 0.232 e. The van der Waals surface area contributed by atoms with Crippen molar-refractivity contribution in [3.63, 3.8) is 0 Å². The molecule has 1 heterocycles. The summed E-state index contributed by atoms with van der Waals surface area (Å²) in [5.41, 5.74) is 4.46. The van der Waals surface area contributed by atoms with E-state index in [0.717, 1.165) is 0 Å². The van der Waals surface area contributed by atoms with E-state index >= 15 is 0 Å². The van der Waals surface area contributed by atoms with Crippen LogP contribution < -0.4 is 0 Å². The van der Waals surface area contributed by atoms with E-state index in [1.807, 2.05) is 0 Å². The van der Waals surface area contributed by atoms with Crippen molar-refractivity contribution >= 4 is 6.21 Å². The second-order valence-corrected chi connectivity index (χ2v) is 6.68. The SMILES string of the molecule is C1=[N+]([C@@H]2CCCC[C@@H]2c2ccccc2)CCc2ccccc21. The Labute approximate surface area is 133 Å². The Morgan fingerprint density at radius 1 is 0.818 bits per heavy atom. The van der Waals surface area contributed by atoms with E-state index in [4.69, 9.17) is 0 Å². The molecule has 112 valence electrons. The maximum Gasteiger partial charge on any atom is 0.171 e. The molecule has 0 unspecified atom stereocenters. The van der Waals surface area contributed by atoms with Gasteiger partial charge in [-0.2, -0.15) is 0 Å². The van der Waals surface area contributed by atoms with Gasteiger partial charge in [-0.05, 0) is 30.0 Å². The number of rotatable bonds is 2. The minimum atomic E-state index is 0.671. The standard InChI is InChI=1S/C21H24N/c1-2-9-18(10-3-1)20-12-6-7-13-21(20)22-15-14-17-8-4-5-11-19(17)16-22/h1-5,8-11,16,20-21H,6-7,12-15H2/q+1/t20-,21-/m1/s1. The van der Waals surface area contributed by atoms with Crippen molar-refractivity contribution in [2.75, 3.05) is 6.54 Å². The van der Waals surface area contributed by atoms with Crippen molar-refractivity contribution in [1.82, 2.24) is 0 Å². The van der Waals surface area contributed by atoms with E-state index in [-0.39, 0.29) is 0 Å². The zero-order valence-electron chi connectivity index (χ0n) is 13.1. The lowest BCUT2D eigenvalue weighted by Gasteiger charge is -2.31. The Hall–Kier alpha value is -1.89. The molecule has 0 N–H and O–H groups in total. The van der Waals surface area contributed by atoms with Crippen molar-refractivity contribution in [3.8, 4) is 0 Å². The number of fused-ring (bicyclic) bond motifs is 1. The van der Waals surface area contributed by atoms with Gasteiger partial charge in [0.15, 0.2) is 12.3 Å². The van der Waals surface area contributed by atoms with Crippen LogP contribution in [0.4, 0.5) is 0 Å². The van der Waals surface area contributed by atoms with Crippen LogP contribution in [0, 0.1) is 0 Å². The van der Waals surface area contributed by atoms with Crippen molar-refractivity contribution in [3.05, 3.63) is 71.3 Å². The summed E-state index contributed by atoms with van der Waals surface area (Å²) in [7, 11) is 0. The zero-order valence-corrected chi connectivity index (χ0v) is 13.1. The molecule has 22 heavy (non-hydrogen) atoms. The van der Waals surface area contributed by atoms with Gasteiger partial charge >= 0.3 is 0 Å². The number of hydrogen-bond donors (Lipinski definition) is 0. The van der Waals surface area contributed by atoms with Crippen LogP contribution in [0.3, 0.4) is 0 Å². The molecular formula is C21H24N+. The molecule has 2 aliphatic rings. The van der Waals surface area contributed by atoms with E-state index in [9.17, 15) is 0 Å². The molecular weight excluding hydrogens is 266 g/mol. The van der Waals surface area contributed by atoms with Crippen LogP contribution in [0.25, 0.3) is 0 Å². The maximum absolute atomic E-state index is 2.64. The molecule has 1 aliphatic carbocycles. The third-order valence-corrected chi connectivity index (χ3v) is 5.38. The summed E-state index contributed by atoms with van der Waals surface area (Å²) in [6.07, 6.45) is 9.02. The summed E-state index contributed by atoms with van der Waals surface area (Å²) in [5, 5.41) is 0.